The molecule has 2 saturated heterocycles. The third kappa shape index (κ3) is 5.32. The van der Waals surface area contributed by atoms with E-state index in [1.165, 1.54) is 6.33 Å². The molecule has 2 aliphatic rings. The van der Waals surface area contributed by atoms with Gasteiger partial charge in [-0.2, -0.15) is 0 Å². The number of anilines is 1. The van der Waals surface area contributed by atoms with Crippen LogP contribution in [0.5, 0.6) is 0 Å². The Bertz CT molecular complexity index is 1200. The minimum Gasteiger partial charge on any atom is -0.381 e. The van der Waals surface area contributed by atoms with Crippen molar-refractivity contribution in [1.82, 2.24) is 20.3 Å². The number of carbonyl (C=O) groups is 2. The first kappa shape index (κ1) is 23.7. The first-order valence-electron chi connectivity index (χ1n) is 11.9. The summed E-state index contributed by atoms with van der Waals surface area (Å²) >= 11 is 6.26. The fourth-order valence-corrected chi connectivity index (χ4v) is 4.84. The summed E-state index contributed by atoms with van der Waals surface area (Å²) in [5.41, 5.74) is 1.42. The Morgan fingerprint density at radius 3 is 2.69 bits per heavy atom. The smallest absolute Gasteiger partial charge is 0.249 e. The van der Waals surface area contributed by atoms with Crippen LogP contribution < -0.4 is 10.6 Å². The lowest BCUT2D eigenvalue weighted by atomic mass is 9.99. The van der Waals surface area contributed by atoms with E-state index in [1.807, 2.05) is 0 Å². The fraction of sp³-hybridized carbons (Fsp3) is 0.440. The molecule has 1 amide bonds. The number of halogens is 1. The molecule has 0 saturated carbocycles. The Morgan fingerprint density at radius 1 is 1.09 bits per heavy atom. The van der Waals surface area contributed by atoms with Gasteiger partial charge in [0.2, 0.25) is 5.91 Å². The van der Waals surface area contributed by atoms with Crippen LogP contribution in [0, 0.1) is 5.92 Å². The lowest BCUT2D eigenvalue weighted by molar-refractivity contribution is -0.136. The van der Waals surface area contributed by atoms with E-state index in [9.17, 15) is 9.59 Å². The van der Waals surface area contributed by atoms with Gasteiger partial charge >= 0.3 is 0 Å². The van der Waals surface area contributed by atoms with Crippen molar-refractivity contribution in [2.75, 3.05) is 31.7 Å². The molecule has 3 N–H and O–H groups in total. The number of H-pyrrole nitrogens is 1. The van der Waals surface area contributed by atoms with Gasteiger partial charge in [-0.3, -0.25) is 9.59 Å². The molecular formula is C25H28ClN5O4. The number of hydrogen-bond acceptors (Lipinski definition) is 7. The van der Waals surface area contributed by atoms with Crippen molar-refractivity contribution in [3.63, 3.8) is 0 Å². The number of ether oxygens (including phenoxy) is 2. The molecule has 0 aliphatic carbocycles. The second-order valence-corrected chi connectivity index (χ2v) is 9.41. The van der Waals surface area contributed by atoms with Crippen molar-refractivity contribution in [2.24, 2.45) is 5.92 Å². The van der Waals surface area contributed by atoms with Crippen molar-refractivity contribution in [2.45, 2.75) is 37.8 Å². The van der Waals surface area contributed by atoms with E-state index < -0.39 is 6.10 Å². The molecule has 0 radical (unpaired) electrons. The summed E-state index contributed by atoms with van der Waals surface area (Å²) in [5, 5.41) is 7.42. The Kier molecular flexibility index (Phi) is 7.26. The van der Waals surface area contributed by atoms with Crippen LogP contribution in [-0.2, 0) is 14.3 Å². The van der Waals surface area contributed by atoms with Crippen LogP contribution in [0.15, 0.2) is 36.8 Å². The number of aromatic nitrogens is 3. The first-order chi connectivity index (χ1) is 17.1. The van der Waals surface area contributed by atoms with E-state index >= 15 is 0 Å². The molecule has 0 unspecified atom stereocenters. The monoisotopic (exact) mass is 497 g/mol. The summed E-state index contributed by atoms with van der Waals surface area (Å²) in [4.78, 5) is 37.5. The van der Waals surface area contributed by atoms with E-state index in [0.717, 1.165) is 32.5 Å². The van der Waals surface area contributed by atoms with E-state index in [1.54, 1.807) is 30.5 Å². The predicted octanol–water partition coefficient (Wildman–Crippen LogP) is 3.34. The summed E-state index contributed by atoms with van der Waals surface area (Å²) in [6.07, 6.45) is 5.91. The largest absolute Gasteiger partial charge is 0.381 e. The van der Waals surface area contributed by atoms with Crippen molar-refractivity contribution < 1.29 is 19.1 Å². The maximum Gasteiger partial charge on any atom is 0.249 e. The van der Waals surface area contributed by atoms with Crippen LogP contribution in [0.3, 0.4) is 0 Å². The molecule has 3 aromatic rings. The van der Waals surface area contributed by atoms with Crippen molar-refractivity contribution in [3.8, 4) is 0 Å². The minimum atomic E-state index is -0.456. The maximum atomic E-state index is 13.2. The van der Waals surface area contributed by atoms with Crippen molar-refractivity contribution in [3.05, 3.63) is 52.9 Å². The summed E-state index contributed by atoms with van der Waals surface area (Å²) in [5.74, 6) is 0.746. The molecule has 35 heavy (non-hydrogen) atoms. The van der Waals surface area contributed by atoms with Gasteiger partial charge in [0.1, 0.15) is 23.9 Å². The van der Waals surface area contributed by atoms with Crippen LogP contribution in [0.2, 0.25) is 5.02 Å². The summed E-state index contributed by atoms with van der Waals surface area (Å²) in [6, 6.07) is 6.90. The van der Waals surface area contributed by atoms with Gasteiger partial charge in [0.15, 0.2) is 5.78 Å². The quantitative estimate of drug-likeness (QED) is 0.428. The Morgan fingerprint density at radius 2 is 1.91 bits per heavy atom. The lowest BCUT2D eigenvalue weighted by Crippen LogP contribution is -2.45. The number of benzene rings is 1. The molecule has 2 fully saturated rings. The highest BCUT2D eigenvalue weighted by molar-refractivity contribution is 6.35. The Labute approximate surface area is 208 Å². The molecule has 2 aromatic heterocycles. The average molecular weight is 498 g/mol. The van der Waals surface area contributed by atoms with Crippen molar-refractivity contribution in [1.29, 1.82) is 0 Å². The van der Waals surface area contributed by atoms with E-state index in [2.05, 4.69) is 25.6 Å². The first-order valence-corrected chi connectivity index (χ1v) is 12.3. The van der Waals surface area contributed by atoms with Gasteiger partial charge in [0.25, 0.3) is 0 Å². The second-order valence-electron chi connectivity index (χ2n) is 9.00. The molecule has 9 nitrogen and oxygen atoms in total. The van der Waals surface area contributed by atoms with Gasteiger partial charge in [-0.1, -0.05) is 23.7 Å². The highest BCUT2D eigenvalue weighted by Gasteiger charge is 2.29. The summed E-state index contributed by atoms with van der Waals surface area (Å²) < 4.78 is 11.3. The molecule has 2 aliphatic heterocycles. The third-order valence-electron chi connectivity index (χ3n) is 6.65. The van der Waals surface area contributed by atoms with Crippen LogP contribution in [0.25, 0.3) is 11.0 Å². The number of nitrogens with zero attached hydrogens (tertiary/aromatic N) is 2. The highest BCUT2D eigenvalue weighted by atomic mass is 35.5. The van der Waals surface area contributed by atoms with Crippen LogP contribution in [0.1, 0.15) is 41.6 Å². The van der Waals surface area contributed by atoms with Gasteiger partial charge in [0, 0.05) is 31.5 Å². The van der Waals surface area contributed by atoms with E-state index in [4.69, 9.17) is 21.1 Å². The highest BCUT2D eigenvalue weighted by Crippen LogP contribution is 2.29. The lowest BCUT2D eigenvalue weighted by Gasteiger charge is -2.30. The number of nitrogens with one attached hydrogen (secondary N) is 3. The third-order valence-corrected chi connectivity index (χ3v) is 6.98. The summed E-state index contributed by atoms with van der Waals surface area (Å²) in [6.45, 7) is 2.55. The molecule has 0 spiro atoms. The number of ketones is 1. The average Bonchev–Trinajstić information content (AvgIpc) is 3.33. The SMILES string of the molecule is O=C(c1ccccc1Cl)c1c[nH]c2ncnc(N[C@@H]3CC[C@@H](C(=O)NCC4CCOCC4)OC3)c12. The number of aromatic amines is 1. The van der Waals surface area contributed by atoms with Gasteiger partial charge in [0.05, 0.1) is 28.6 Å². The Balaban J connectivity index is 1.23. The van der Waals surface area contributed by atoms with Gasteiger partial charge in [-0.05, 0) is 43.7 Å². The van der Waals surface area contributed by atoms with Crippen LogP contribution in [-0.4, -0.2) is 65.2 Å². The summed E-state index contributed by atoms with van der Waals surface area (Å²) in [7, 11) is 0. The van der Waals surface area contributed by atoms with E-state index in [0.29, 0.717) is 58.5 Å². The second kappa shape index (κ2) is 10.7. The molecule has 0 bridgehead atoms. The zero-order valence-corrected chi connectivity index (χ0v) is 20.0. The van der Waals surface area contributed by atoms with Crippen LogP contribution >= 0.6 is 11.6 Å². The van der Waals surface area contributed by atoms with E-state index in [-0.39, 0.29) is 17.7 Å². The normalized spacial score (nSPS) is 21.1. The minimum absolute atomic E-state index is 0.0502. The van der Waals surface area contributed by atoms with Crippen molar-refractivity contribution >= 4 is 40.1 Å². The number of fused-ring (bicyclic) bond motifs is 1. The Hall–Kier alpha value is -3.01. The van der Waals surface area contributed by atoms with Gasteiger partial charge in [-0.25, -0.2) is 9.97 Å². The predicted molar refractivity (Wildman–Crippen MR) is 132 cm³/mol. The molecule has 4 heterocycles. The van der Waals surface area contributed by atoms with Crippen LogP contribution in [0.4, 0.5) is 5.82 Å². The standard InChI is InChI=1S/C25H28ClN5O4/c26-19-4-2-1-3-17(19)22(32)18-12-27-23-21(18)24(30-14-29-23)31-16-5-6-20(35-13-16)25(33)28-11-15-7-9-34-10-8-15/h1-4,12,14-16,20H,5-11,13H2,(H,28,33)(H2,27,29,30,31)/t16-,20+/m1/s1. The zero-order chi connectivity index (χ0) is 24.2. The number of hydrogen-bond donors (Lipinski definition) is 3. The number of amides is 1. The number of rotatable bonds is 7. The molecule has 10 heteroatoms. The zero-order valence-electron chi connectivity index (χ0n) is 19.3. The fourth-order valence-electron chi connectivity index (χ4n) is 4.62. The topological polar surface area (TPSA) is 118 Å². The molecular weight excluding hydrogens is 470 g/mol. The molecule has 5 rings (SSSR count). The molecule has 1 aromatic carbocycles. The molecule has 184 valence electrons. The van der Waals surface area contributed by atoms with Gasteiger partial charge < -0.3 is 25.1 Å². The van der Waals surface area contributed by atoms with Gasteiger partial charge in [-0.15, -0.1) is 0 Å². The molecule has 2 atom stereocenters. The number of carbonyl (C=O) groups excluding carboxylic acids is 2. The maximum absolute atomic E-state index is 13.2.